The van der Waals surface area contributed by atoms with Gasteiger partial charge in [-0.3, -0.25) is 0 Å². The first-order chi connectivity index (χ1) is 6.36. The van der Waals surface area contributed by atoms with Crippen LogP contribution in [0.3, 0.4) is 0 Å². The minimum Gasteiger partial charge on any atom is -0.380 e. The molecule has 0 bridgehead atoms. The zero-order valence-electron chi connectivity index (χ0n) is 7.75. The van der Waals surface area contributed by atoms with Gasteiger partial charge in [-0.15, -0.1) is 11.3 Å². The van der Waals surface area contributed by atoms with Gasteiger partial charge in [0.05, 0.1) is 17.8 Å². The molecular formula is C9H14N2OS. The molecule has 13 heavy (non-hydrogen) atoms. The molecule has 0 aliphatic carbocycles. The van der Waals surface area contributed by atoms with Crippen LogP contribution < -0.4 is 5.32 Å². The molecular weight excluding hydrogens is 184 g/mol. The smallest absolute Gasteiger partial charge is 0.0798 e. The van der Waals surface area contributed by atoms with Gasteiger partial charge in [0.25, 0.3) is 0 Å². The van der Waals surface area contributed by atoms with E-state index < -0.39 is 0 Å². The summed E-state index contributed by atoms with van der Waals surface area (Å²) in [4.78, 5) is 5.55. The summed E-state index contributed by atoms with van der Waals surface area (Å²) in [6.07, 6.45) is 1.14. The van der Waals surface area contributed by atoms with E-state index in [1.165, 1.54) is 4.88 Å². The fourth-order valence-corrected chi connectivity index (χ4v) is 2.16. The monoisotopic (exact) mass is 198 g/mol. The number of hydrogen-bond donors (Lipinski definition) is 1. The third-order valence-corrected chi connectivity index (χ3v) is 3.26. The first-order valence-corrected chi connectivity index (χ1v) is 5.44. The molecule has 1 aromatic heterocycles. The normalized spacial score (nSPS) is 22.4. The number of rotatable bonds is 3. The lowest BCUT2D eigenvalue weighted by Gasteiger charge is -2.08. The van der Waals surface area contributed by atoms with Crippen LogP contribution in [0.4, 0.5) is 0 Å². The lowest BCUT2D eigenvalue weighted by atomic mass is 10.2. The van der Waals surface area contributed by atoms with Crippen molar-refractivity contribution < 1.29 is 4.74 Å². The van der Waals surface area contributed by atoms with E-state index >= 15 is 0 Å². The van der Waals surface area contributed by atoms with Crippen molar-refractivity contribution in [3.8, 4) is 0 Å². The number of ether oxygens (including phenoxy) is 1. The molecule has 0 radical (unpaired) electrons. The number of nitrogens with one attached hydrogen (secondary N) is 1. The molecule has 0 spiro atoms. The highest BCUT2D eigenvalue weighted by Crippen LogP contribution is 2.12. The van der Waals surface area contributed by atoms with Gasteiger partial charge in [-0.2, -0.15) is 0 Å². The Hall–Kier alpha value is -0.450. The molecule has 3 nitrogen and oxygen atoms in total. The molecule has 1 unspecified atom stereocenters. The predicted molar refractivity (Wildman–Crippen MR) is 52.9 cm³/mol. The molecule has 0 saturated carbocycles. The second kappa shape index (κ2) is 4.17. The van der Waals surface area contributed by atoms with E-state index in [2.05, 4.69) is 17.2 Å². The summed E-state index contributed by atoms with van der Waals surface area (Å²) in [5.41, 5.74) is 3.05. The molecule has 72 valence electrons. The third-order valence-electron chi connectivity index (χ3n) is 2.33. The molecule has 0 amide bonds. The maximum absolute atomic E-state index is 5.28. The minimum atomic E-state index is 0.543. The van der Waals surface area contributed by atoms with Crippen molar-refractivity contribution in [1.82, 2.24) is 10.3 Å². The van der Waals surface area contributed by atoms with Crippen molar-refractivity contribution >= 4 is 11.3 Å². The summed E-state index contributed by atoms with van der Waals surface area (Å²) in [5.74, 6) is 0. The van der Waals surface area contributed by atoms with Gasteiger partial charge in [-0.05, 0) is 13.3 Å². The van der Waals surface area contributed by atoms with Crippen LogP contribution in [-0.2, 0) is 11.3 Å². The maximum Gasteiger partial charge on any atom is 0.0798 e. The Morgan fingerprint density at radius 3 is 3.31 bits per heavy atom. The largest absolute Gasteiger partial charge is 0.380 e. The molecule has 1 N–H and O–H groups in total. The Bertz CT molecular complexity index is 268. The van der Waals surface area contributed by atoms with Gasteiger partial charge in [-0.1, -0.05) is 0 Å². The summed E-state index contributed by atoms with van der Waals surface area (Å²) >= 11 is 1.72. The zero-order valence-corrected chi connectivity index (χ0v) is 8.56. The average Bonchev–Trinajstić information content (AvgIpc) is 2.72. The molecule has 0 aromatic carbocycles. The fraction of sp³-hybridized carbons (Fsp3) is 0.667. The van der Waals surface area contributed by atoms with Crippen molar-refractivity contribution in [3.63, 3.8) is 0 Å². The van der Waals surface area contributed by atoms with E-state index in [0.29, 0.717) is 6.04 Å². The third kappa shape index (κ3) is 2.27. The summed E-state index contributed by atoms with van der Waals surface area (Å²) in [6, 6.07) is 0.543. The highest BCUT2D eigenvalue weighted by molar-refractivity contribution is 7.09. The first-order valence-electron chi connectivity index (χ1n) is 4.56. The molecule has 1 saturated heterocycles. The van der Waals surface area contributed by atoms with Crippen LogP contribution in [0.15, 0.2) is 5.51 Å². The van der Waals surface area contributed by atoms with Crippen molar-refractivity contribution in [2.45, 2.75) is 25.9 Å². The highest BCUT2D eigenvalue weighted by atomic mass is 32.1. The lowest BCUT2D eigenvalue weighted by molar-refractivity contribution is 0.190. The van der Waals surface area contributed by atoms with Crippen LogP contribution in [0.25, 0.3) is 0 Å². The van der Waals surface area contributed by atoms with Gasteiger partial charge in [0.1, 0.15) is 0 Å². The van der Waals surface area contributed by atoms with E-state index in [1.807, 2.05) is 5.51 Å². The predicted octanol–water partition coefficient (Wildman–Crippen LogP) is 1.33. The van der Waals surface area contributed by atoms with Gasteiger partial charge >= 0.3 is 0 Å². The highest BCUT2D eigenvalue weighted by Gasteiger charge is 2.14. The van der Waals surface area contributed by atoms with Crippen LogP contribution in [0.2, 0.25) is 0 Å². The second-order valence-corrected chi connectivity index (χ2v) is 4.24. The lowest BCUT2D eigenvalue weighted by Crippen LogP contribution is -2.28. The van der Waals surface area contributed by atoms with Gasteiger partial charge in [0.15, 0.2) is 0 Å². The molecule has 1 atom stereocenters. The van der Waals surface area contributed by atoms with E-state index in [9.17, 15) is 0 Å². The summed E-state index contributed by atoms with van der Waals surface area (Å²) < 4.78 is 5.28. The number of aromatic nitrogens is 1. The summed E-state index contributed by atoms with van der Waals surface area (Å²) in [5, 5.41) is 3.47. The van der Waals surface area contributed by atoms with E-state index in [1.54, 1.807) is 11.3 Å². The van der Waals surface area contributed by atoms with Crippen molar-refractivity contribution in [3.05, 3.63) is 16.1 Å². The van der Waals surface area contributed by atoms with Gasteiger partial charge < -0.3 is 10.1 Å². The molecule has 2 rings (SSSR count). The number of nitrogens with zero attached hydrogens (tertiary/aromatic N) is 1. The quantitative estimate of drug-likeness (QED) is 0.795. The topological polar surface area (TPSA) is 34.2 Å². The maximum atomic E-state index is 5.28. The van der Waals surface area contributed by atoms with Gasteiger partial charge in [0, 0.05) is 24.1 Å². The van der Waals surface area contributed by atoms with E-state index in [-0.39, 0.29) is 0 Å². The summed E-state index contributed by atoms with van der Waals surface area (Å²) in [6.45, 7) is 4.75. The number of aryl methyl sites for hydroxylation is 1. The Balaban J connectivity index is 1.82. The first kappa shape index (κ1) is 9.12. The molecule has 4 heteroatoms. The molecule has 1 aliphatic rings. The zero-order chi connectivity index (χ0) is 9.10. The Morgan fingerprint density at radius 2 is 2.69 bits per heavy atom. The Morgan fingerprint density at radius 1 is 1.77 bits per heavy atom. The SMILES string of the molecule is Cc1ncsc1CNC1CCOC1. The number of thiazole rings is 1. The average molecular weight is 198 g/mol. The Labute approximate surface area is 82.1 Å². The van der Waals surface area contributed by atoms with Gasteiger partial charge in [0.2, 0.25) is 0 Å². The fourth-order valence-electron chi connectivity index (χ4n) is 1.43. The minimum absolute atomic E-state index is 0.543. The van der Waals surface area contributed by atoms with Crippen LogP contribution in [-0.4, -0.2) is 24.2 Å². The standard InChI is InChI=1S/C9H14N2OS/c1-7-9(13-6-11-7)4-10-8-2-3-12-5-8/h6,8,10H,2-5H2,1H3. The second-order valence-electron chi connectivity index (χ2n) is 3.30. The van der Waals surface area contributed by atoms with Crippen LogP contribution >= 0.6 is 11.3 Å². The van der Waals surface area contributed by atoms with Crippen LogP contribution in [0, 0.1) is 6.92 Å². The van der Waals surface area contributed by atoms with Crippen LogP contribution in [0.5, 0.6) is 0 Å². The van der Waals surface area contributed by atoms with Crippen molar-refractivity contribution in [2.75, 3.05) is 13.2 Å². The van der Waals surface area contributed by atoms with Crippen LogP contribution in [0.1, 0.15) is 17.0 Å². The van der Waals surface area contributed by atoms with Gasteiger partial charge in [-0.25, -0.2) is 4.98 Å². The molecule has 2 heterocycles. The summed E-state index contributed by atoms with van der Waals surface area (Å²) in [7, 11) is 0. The molecule has 1 fully saturated rings. The number of hydrogen-bond acceptors (Lipinski definition) is 4. The molecule has 1 aliphatic heterocycles. The van der Waals surface area contributed by atoms with Crippen molar-refractivity contribution in [2.24, 2.45) is 0 Å². The molecule has 1 aromatic rings. The Kier molecular flexibility index (Phi) is 2.93. The van der Waals surface area contributed by atoms with E-state index in [0.717, 1.165) is 31.9 Å². The van der Waals surface area contributed by atoms with Crippen molar-refractivity contribution in [1.29, 1.82) is 0 Å². The van der Waals surface area contributed by atoms with E-state index in [4.69, 9.17) is 4.74 Å².